The summed E-state index contributed by atoms with van der Waals surface area (Å²) in [6.07, 6.45) is 4.46. The molecule has 0 radical (unpaired) electrons. The largest absolute Gasteiger partial charge is 0.342 e. The van der Waals surface area contributed by atoms with Gasteiger partial charge in [0.2, 0.25) is 5.91 Å². The predicted octanol–water partition coefficient (Wildman–Crippen LogP) is 2.63. The monoisotopic (exact) mass is 394 g/mol. The lowest BCUT2D eigenvalue weighted by molar-refractivity contribution is -0.132. The average molecular weight is 395 g/mol. The first-order chi connectivity index (χ1) is 14.0. The third-order valence-electron chi connectivity index (χ3n) is 5.76. The van der Waals surface area contributed by atoms with Crippen LogP contribution in [0.15, 0.2) is 36.7 Å². The van der Waals surface area contributed by atoms with Gasteiger partial charge in [0.05, 0.1) is 28.7 Å². The Hall–Kier alpha value is -2.67. The fourth-order valence-corrected chi connectivity index (χ4v) is 4.21. The first-order valence-corrected chi connectivity index (χ1v) is 10.4. The van der Waals surface area contributed by atoms with Crippen LogP contribution in [0.25, 0.3) is 11.0 Å². The number of aromatic nitrogens is 4. The van der Waals surface area contributed by atoms with Crippen LogP contribution in [-0.2, 0) is 24.9 Å². The predicted molar refractivity (Wildman–Crippen MR) is 114 cm³/mol. The number of imidazole rings is 1. The SMILES string of the molecule is CN(C)Cc1cc([C@H]2CCCN(C(=O)CCn3cnc4ccccc43)C2)nn1C. The van der Waals surface area contributed by atoms with E-state index in [1.165, 1.54) is 5.69 Å². The number of rotatable bonds is 6. The van der Waals surface area contributed by atoms with E-state index in [2.05, 4.69) is 40.7 Å². The van der Waals surface area contributed by atoms with Gasteiger partial charge in [-0.25, -0.2) is 4.98 Å². The molecule has 1 aliphatic heterocycles. The highest BCUT2D eigenvalue weighted by atomic mass is 16.2. The van der Waals surface area contributed by atoms with Crippen LogP contribution in [0.5, 0.6) is 0 Å². The molecule has 0 N–H and O–H groups in total. The number of benzene rings is 1. The molecule has 7 heteroatoms. The number of likely N-dealkylation sites (tertiary alicyclic amines) is 1. The molecule has 1 saturated heterocycles. The van der Waals surface area contributed by atoms with Crippen molar-refractivity contribution in [1.82, 2.24) is 29.1 Å². The van der Waals surface area contributed by atoms with Crippen LogP contribution in [0.4, 0.5) is 0 Å². The number of amides is 1. The molecular formula is C22H30N6O. The molecular weight excluding hydrogens is 364 g/mol. The summed E-state index contributed by atoms with van der Waals surface area (Å²) in [5.41, 5.74) is 4.38. The van der Waals surface area contributed by atoms with E-state index in [0.717, 1.165) is 49.2 Å². The zero-order valence-electron chi connectivity index (χ0n) is 17.6. The molecule has 0 saturated carbocycles. The molecule has 1 atom stereocenters. The summed E-state index contributed by atoms with van der Waals surface area (Å²) < 4.78 is 4.04. The summed E-state index contributed by atoms with van der Waals surface area (Å²) in [4.78, 5) is 21.5. The molecule has 154 valence electrons. The van der Waals surface area contributed by atoms with Crippen LogP contribution < -0.4 is 0 Å². The highest BCUT2D eigenvalue weighted by Gasteiger charge is 2.26. The van der Waals surface area contributed by atoms with Crippen molar-refractivity contribution in [3.63, 3.8) is 0 Å². The normalized spacial score (nSPS) is 17.4. The summed E-state index contributed by atoms with van der Waals surface area (Å²) in [5.74, 6) is 0.542. The number of fused-ring (bicyclic) bond motifs is 1. The quantitative estimate of drug-likeness (QED) is 0.645. The van der Waals surface area contributed by atoms with E-state index in [-0.39, 0.29) is 5.91 Å². The van der Waals surface area contributed by atoms with Crippen LogP contribution in [0, 0.1) is 0 Å². The lowest BCUT2D eigenvalue weighted by Gasteiger charge is -2.32. The topological polar surface area (TPSA) is 59.2 Å². The van der Waals surface area contributed by atoms with Gasteiger partial charge in [-0.05, 0) is 45.1 Å². The second kappa shape index (κ2) is 8.37. The molecule has 0 bridgehead atoms. The third kappa shape index (κ3) is 4.34. The molecule has 0 spiro atoms. The van der Waals surface area contributed by atoms with Crippen molar-refractivity contribution in [3.05, 3.63) is 48.0 Å². The summed E-state index contributed by atoms with van der Waals surface area (Å²) in [7, 11) is 6.14. The van der Waals surface area contributed by atoms with Crippen molar-refractivity contribution in [2.75, 3.05) is 27.2 Å². The zero-order valence-corrected chi connectivity index (χ0v) is 17.6. The first kappa shape index (κ1) is 19.6. The molecule has 1 amide bonds. The van der Waals surface area contributed by atoms with Crippen molar-refractivity contribution >= 4 is 16.9 Å². The number of para-hydroxylation sites is 2. The summed E-state index contributed by atoms with van der Waals surface area (Å²) in [6.45, 7) is 3.15. The van der Waals surface area contributed by atoms with E-state index < -0.39 is 0 Å². The minimum atomic E-state index is 0.219. The third-order valence-corrected chi connectivity index (χ3v) is 5.76. The van der Waals surface area contributed by atoms with Crippen LogP contribution in [0.3, 0.4) is 0 Å². The van der Waals surface area contributed by atoms with Crippen LogP contribution in [-0.4, -0.2) is 62.2 Å². The lowest BCUT2D eigenvalue weighted by atomic mass is 9.94. The van der Waals surface area contributed by atoms with E-state index >= 15 is 0 Å². The van der Waals surface area contributed by atoms with Crippen LogP contribution in [0.1, 0.15) is 36.6 Å². The Morgan fingerprint density at radius 1 is 1.28 bits per heavy atom. The standard InChI is InChI=1S/C22H30N6O/c1-25(2)15-18-13-20(24-26(18)3)17-7-6-11-27(14-17)22(29)10-12-28-16-23-19-8-4-5-9-21(19)28/h4-5,8-9,13,16-17H,6-7,10-12,14-15H2,1-3H3/t17-/m0/s1. The molecule has 1 aromatic carbocycles. The zero-order chi connectivity index (χ0) is 20.4. The Bertz CT molecular complexity index is 988. The number of piperidine rings is 1. The number of aryl methyl sites for hydroxylation is 2. The lowest BCUT2D eigenvalue weighted by Crippen LogP contribution is -2.39. The Morgan fingerprint density at radius 3 is 2.93 bits per heavy atom. The molecule has 3 aromatic rings. The Labute approximate surface area is 171 Å². The van der Waals surface area contributed by atoms with Crippen molar-refractivity contribution in [2.45, 2.75) is 38.3 Å². The summed E-state index contributed by atoms with van der Waals surface area (Å²) >= 11 is 0. The van der Waals surface area contributed by atoms with Gasteiger partial charge in [0.1, 0.15) is 0 Å². The molecule has 3 heterocycles. The molecule has 7 nitrogen and oxygen atoms in total. The smallest absolute Gasteiger partial charge is 0.224 e. The Balaban J connectivity index is 1.38. The second-order valence-electron chi connectivity index (χ2n) is 8.28. The van der Waals surface area contributed by atoms with E-state index in [1.54, 1.807) is 0 Å². The summed E-state index contributed by atoms with van der Waals surface area (Å²) in [5, 5.41) is 4.74. The first-order valence-electron chi connectivity index (χ1n) is 10.4. The Morgan fingerprint density at radius 2 is 2.10 bits per heavy atom. The highest BCUT2D eigenvalue weighted by Crippen LogP contribution is 2.27. The van der Waals surface area contributed by atoms with Crippen LogP contribution >= 0.6 is 0 Å². The molecule has 0 unspecified atom stereocenters. The minimum absolute atomic E-state index is 0.219. The maximum atomic E-state index is 12.9. The molecule has 29 heavy (non-hydrogen) atoms. The van der Waals surface area contributed by atoms with Crippen molar-refractivity contribution in [2.24, 2.45) is 7.05 Å². The van der Waals surface area contributed by atoms with Gasteiger partial charge in [-0.2, -0.15) is 5.10 Å². The van der Waals surface area contributed by atoms with Crippen molar-refractivity contribution in [3.8, 4) is 0 Å². The molecule has 0 aliphatic carbocycles. The van der Waals surface area contributed by atoms with Gasteiger partial charge in [-0.3, -0.25) is 9.48 Å². The number of carbonyl (C=O) groups excluding carboxylic acids is 1. The van der Waals surface area contributed by atoms with Gasteiger partial charge in [0.25, 0.3) is 0 Å². The van der Waals surface area contributed by atoms with Crippen molar-refractivity contribution < 1.29 is 4.79 Å². The van der Waals surface area contributed by atoms with E-state index in [0.29, 0.717) is 18.9 Å². The van der Waals surface area contributed by atoms with Gasteiger partial charge < -0.3 is 14.4 Å². The fraction of sp³-hybridized carbons (Fsp3) is 0.500. The average Bonchev–Trinajstić information content (AvgIpc) is 3.29. The molecule has 1 aliphatic rings. The maximum Gasteiger partial charge on any atom is 0.224 e. The van der Waals surface area contributed by atoms with Gasteiger partial charge in [-0.1, -0.05) is 12.1 Å². The number of nitrogens with zero attached hydrogens (tertiary/aromatic N) is 6. The Kier molecular flexibility index (Phi) is 5.67. The van der Waals surface area contributed by atoms with Crippen molar-refractivity contribution in [1.29, 1.82) is 0 Å². The number of hydrogen-bond acceptors (Lipinski definition) is 4. The molecule has 4 rings (SSSR count). The van der Waals surface area contributed by atoms with E-state index in [1.807, 2.05) is 41.2 Å². The highest BCUT2D eigenvalue weighted by molar-refractivity contribution is 5.77. The number of carbonyl (C=O) groups is 1. The maximum absolute atomic E-state index is 12.9. The van der Waals surface area contributed by atoms with E-state index in [9.17, 15) is 4.79 Å². The summed E-state index contributed by atoms with van der Waals surface area (Å²) in [6, 6.07) is 10.3. The second-order valence-corrected chi connectivity index (χ2v) is 8.28. The van der Waals surface area contributed by atoms with Gasteiger partial charge >= 0.3 is 0 Å². The number of hydrogen-bond donors (Lipinski definition) is 0. The van der Waals surface area contributed by atoms with Gasteiger partial charge in [-0.15, -0.1) is 0 Å². The minimum Gasteiger partial charge on any atom is -0.342 e. The van der Waals surface area contributed by atoms with Gasteiger partial charge in [0.15, 0.2) is 0 Å². The molecule has 1 fully saturated rings. The van der Waals surface area contributed by atoms with Gasteiger partial charge in [0, 0.05) is 45.6 Å². The van der Waals surface area contributed by atoms with Crippen LogP contribution in [0.2, 0.25) is 0 Å². The van der Waals surface area contributed by atoms with E-state index in [4.69, 9.17) is 5.10 Å². The molecule has 2 aromatic heterocycles. The fourth-order valence-electron chi connectivity index (χ4n) is 4.21.